The molecule has 0 fully saturated rings. The fraction of sp³-hybridized carbons (Fsp3) is 0.917. The molecule has 0 aromatic rings. The van der Waals surface area contributed by atoms with Crippen LogP contribution in [0.2, 0.25) is 0 Å². The molecule has 0 aromatic carbocycles. The average molecular weight is 231 g/mol. The first-order valence-electron chi connectivity index (χ1n) is 6.03. The molecule has 0 heterocycles. The number of carbonyl (C=O) groups is 1. The molecule has 0 radical (unpaired) electrons. The lowest BCUT2D eigenvalue weighted by molar-refractivity contribution is -0.142. The maximum atomic E-state index is 11.7. The van der Waals surface area contributed by atoms with E-state index in [0.29, 0.717) is 25.7 Å². The topological polar surface area (TPSA) is 47.6 Å². The van der Waals surface area contributed by atoms with E-state index in [1.165, 1.54) is 0 Å². The summed E-state index contributed by atoms with van der Waals surface area (Å²) >= 11 is 0. The minimum absolute atomic E-state index is 0.0175. The van der Waals surface area contributed by atoms with Crippen LogP contribution in [0.3, 0.4) is 0 Å². The van der Waals surface area contributed by atoms with Gasteiger partial charge in [-0.05, 0) is 19.8 Å². The number of carbonyl (C=O) groups excluding carboxylic acids is 1. The van der Waals surface area contributed by atoms with Gasteiger partial charge in [0, 0.05) is 19.1 Å². The van der Waals surface area contributed by atoms with E-state index in [0.717, 1.165) is 0 Å². The van der Waals surface area contributed by atoms with Crippen molar-refractivity contribution in [3.8, 4) is 0 Å². The fourth-order valence-corrected chi connectivity index (χ4v) is 1.19. The van der Waals surface area contributed by atoms with Crippen molar-refractivity contribution < 1.29 is 14.3 Å². The first kappa shape index (κ1) is 15.4. The summed E-state index contributed by atoms with van der Waals surface area (Å²) in [6.45, 7) is 11.4. The predicted molar refractivity (Wildman–Crippen MR) is 64.1 cm³/mol. The van der Waals surface area contributed by atoms with Gasteiger partial charge < -0.3 is 14.8 Å². The van der Waals surface area contributed by atoms with E-state index in [1.807, 2.05) is 34.6 Å². The molecule has 4 nitrogen and oxygen atoms in total. The SMILES string of the molecule is CCOC(CNC(=O)C(C)C(C)C)OCC. The highest BCUT2D eigenvalue weighted by molar-refractivity contribution is 5.78. The van der Waals surface area contributed by atoms with Crippen LogP contribution in [0.4, 0.5) is 0 Å². The van der Waals surface area contributed by atoms with Crippen molar-refractivity contribution in [2.75, 3.05) is 19.8 Å². The van der Waals surface area contributed by atoms with Crippen LogP contribution in [-0.4, -0.2) is 32.0 Å². The summed E-state index contributed by atoms with van der Waals surface area (Å²) in [7, 11) is 0. The molecule has 1 atom stereocenters. The van der Waals surface area contributed by atoms with Gasteiger partial charge >= 0.3 is 0 Å². The van der Waals surface area contributed by atoms with E-state index in [1.54, 1.807) is 0 Å². The molecule has 0 saturated carbocycles. The van der Waals surface area contributed by atoms with Gasteiger partial charge in [0.2, 0.25) is 5.91 Å². The molecule has 0 rings (SSSR count). The van der Waals surface area contributed by atoms with Crippen LogP contribution < -0.4 is 5.32 Å². The molecule has 4 heteroatoms. The van der Waals surface area contributed by atoms with Gasteiger partial charge in [-0.25, -0.2) is 0 Å². The summed E-state index contributed by atoms with van der Waals surface area (Å²) in [5, 5.41) is 2.84. The van der Waals surface area contributed by atoms with Gasteiger partial charge in [0.1, 0.15) is 0 Å². The van der Waals surface area contributed by atoms with Crippen LogP contribution in [0.1, 0.15) is 34.6 Å². The molecule has 0 aliphatic carbocycles. The largest absolute Gasteiger partial charge is 0.351 e. The Morgan fingerprint density at radius 3 is 2.00 bits per heavy atom. The summed E-state index contributed by atoms with van der Waals surface area (Å²) < 4.78 is 10.7. The number of amides is 1. The number of ether oxygens (including phenoxy) is 2. The molecular weight excluding hydrogens is 206 g/mol. The van der Waals surface area contributed by atoms with E-state index in [-0.39, 0.29) is 18.1 Å². The zero-order chi connectivity index (χ0) is 12.6. The maximum Gasteiger partial charge on any atom is 0.223 e. The molecule has 0 aromatic heterocycles. The van der Waals surface area contributed by atoms with Crippen LogP contribution >= 0.6 is 0 Å². The van der Waals surface area contributed by atoms with E-state index in [9.17, 15) is 4.79 Å². The molecule has 0 saturated heterocycles. The molecule has 16 heavy (non-hydrogen) atoms. The smallest absolute Gasteiger partial charge is 0.223 e. The van der Waals surface area contributed by atoms with Crippen molar-refractivity contribution >= 4 is 5.91 Å². The highest BCUT2D eigenvalue weighted by Gasteiger charge is 2.17. The second-order valence-electron chi connectivity index (χ2n) is 4.12. The Kier molecular flexibility index (Phi) is 8.21. The van der Waals surface area contributed by atoms with Crippen molar-refractivity contribution in [1.82, 2.24) is 5.32 Å². The second kappa shape index (κ2) is 8.53. The first-order chi connectivity index (χ1) is 7.52. The van der Waals surface area contributed by atoms with Crippen LogP contribution in [0.5, 0.6) is 0 Å². The van der Waals surface area contributed by atoms with Gasteiger partial charge in [-0.3, -0.25) is 4.79 Å². The van der Waals surface area contributed by atoms with E-state index in [4.69, 9.17) is 9.47 Å². The van der Waals surface area contributed by atoms with Gasteiger partial charge in [0.25, 0.3) is 0 Å². The Bertz CT molecular complexity index is 189. The van der Waals surface area contributed by atoms with Gasteiger partial charge in [-0.1, -0.05) is 20.8 Å². The lowest BCUT2D eigenvalue weighted by Crippen LogP contribution is -2.39. The normalized spacial score (nSPS) is 13.2. The minimum Gasteiger partial charge on any atom is -0.351 e. The standard InChI is InChI=1S/C12H25NO3/c1-6-15-11(16-7-2)8-13-12(14)10(5)9(3)4/h9-11H,6-8H2,1-5H3,(H,13,14). The molecular formula is C12H25NO3. The number of hydrogen-bond acceptors (Lipinski definition) is 3. The summed E-state index contributed by atoms with van der Waals surface area (Å²) in [4.78, 5) is 11.7. The summed E-state index contributed by atoms with van der Waals surface area (Å²) in [6, 6.07) is 0. The highest BCUT2D eigenvalue weighted by atomic mass is 16.7. The van der Waals surface area contributed by atoms with Gasteiger partial charge in [0.15, 0.2) is 6.29 Å². The van der Waals surface area contributed by atoms with Gasteiger partial charge in [-0.15, -0.1) is 0 Å². The van der Waals surface area contributed by atoms with Crippen LogP contribution in [0, 0.1) is 11.8 Å². The Balaban J connectivity index is 3.94. The van der Waals surface area contributed by atoms with Crippen LogP contribution in [-0.2, 0) is 14.3 Å². The molecule has 1 N–H and O–H groups in total. The van der Waals surface area contributed by atoms with Crippen LogP contribution in [0.15, 0.2) is 0 Å². The third kappa shape index (κ3) is 6.08. The third-order valence-electron chi connectivity index (χ3n) is 2.56. The van der Waals surface area contributed by atoms with Crippen molar-refractivity contribution in [3.05, 3.63) is 0 Å². The highest BCUT2D eigenvalue weighted by Crippen LogP contribution is 2.09. The number of rotatable bonds is 8. The monoisotopic (exact) mass is 231 g/mol. The molecule has 0 spiro atoms. The Labute approximate surface area is 98.7 Å². The van der Waals surface area contributed by atoms with Crippen LogP contribution in [0.25, 0.3) is 0 Å². The van der Waals surface area contributed by atoms with E-state index in [2.05, 4.69) is 5.32 Å². The summed E-state index contributed by atoms with van der Waals surface area (Å²) in [5.74, 6) is 0.418. The summed E-state index contributed by atoms with van der Waals surface area (Å²) in [5.41, 5.74) is 0. The molecule has 0 aliphatic rings. The van der Waals surface area contributed by atoms with Crippen molar-refractivity contribution in [2.24, 2.45) is 11.8 Å². The molecule has 96 valence electrons. The zero-order valence-corrected chi connectivity index (χ0v) is 11.1. The summed E-state index contributed by atoms with van der Waals surface area (Å²) in [6.07, 6.45) is -0.335. The third-order valence-corrected chi connectivity index (χ3v) is 2.56. The first-order valence-corrected chi connectivity index (χ1v) is 6.03. The number of nitrogens with one attached hydrogen (secondary N) is 1. The van der Waals surface area contributed by atoms with Crippen molar-refractivity contribution in [1.29, 1.82) is 0 Å². The Hall–Kier alpha value is -0.610. The fourth-order valence-electron chi connectivity index (χ4n) is 1.19. The van der Waals surface area contributed by atoms with Crippen molar-refractivity contribution in [2.45, 2.75) is 40.9 Å². The minimum atomic E-state index is -0.335. The molecule has 1 amide bonds. The van der Waals surface area contributed by atoms with E-state index >= 15 is 0 Å². The molecule has 0 aliphatic heterocycles. The number of hydrogen-bond donors (Lipinski definition) is 1. The molecule has 0 bridgehead atoms. The Morgan fingerprint density at radius 1 is 1.12 bits per heavy atom. The predicted octanol–water partition coefficient (Wildman–Crippen LogP) is 1.79. The lowest BCUT2D eigenvalue weighted by atomic mass is 9.97. The quantitative estimate of drug-likeness (QED) is 0.648. The Morgan fingerprint density at radius 2 is 1.62 bits per heavy atom. The van der Waals surface area contributed by atoms with Gasteiger partial charge in [-0.2, -0.15) is 0 Å². The zero-order valence-electron chi connectivity index (χ0n) is 11.1. The molecule has 1 unspecified atom stereocenters. The average Bonchev–Trinajstić information content (AvgIpc) is 2.24. The van der Waals surface area contributed by atoms with E-state index < -0.39 is 0 Å². The second-order valence-corrected chi connectivity index (χ2v) is 4.12. The van der Waals surface area contributed by atoms with Crippen molar-refractivity contribution in [3.63, 3.8) is 0 Å². The maximum absolute atomic E-state index is 11.7. The lowest BCUT2D eigenvalue weighted by Gasteiger charge is -2.20. The van der Waals surface area contributed by atoms with Gasteiger partial charge in [0.05, 0.1) is 6.54 Å².